The molecule has 6 heteroatoms. The zero-order valence-electron chi connectivity index (χ0n) is 13.2. The minimum Gasteiger partial charge on any atom is -0.395 e. The van der Waals surface area contributed by atoms with Gasteiger partial charge in [-0.2, -0.15) is 0 Å². The van der Waals surface area contributed by atoms with E-state index in [4.69, 9.17) is 0 Å². The highest BCUT2D eigenvalue weighted by Crippen LogP contribution is 2.35. The maximum absolute atomic E-state index is 12.4. The topological polar surface area (TPSA) is 93.0 Å². The number of hydrogen-bond acceptors (Lipinski definition) is 5. The molecular formula is C17H24N2O4. The van der Waals surface area contributed by atoms with Gasteiger partial charge < -0.3 is 20.6 Å². The minimum absolute atomic E-state index is 0.0473. The third-order valence-electron chi connectivity index (χ3n) is 5.20. The molecule has 1 aliphatic heterocycles. The van der Waals surface area contributed by atoms with Gasteiger partial charge in [-0.15, -0.1) is 0 Å². The first-order chi connectivity index (χ1) is 11.1. The van der Waals surface area contributed by atoms with E-state index in [9.17, 15) is 20.1 Å². The fourth-order valence-electron chi connectivity index (χ4n) is 3.83. The fourth-order valence-corrected chi connectivity index (χ4v) is 3.83. The maximum Gasteiger partial charge on any atom is 0.227 e. The van der Waals surface area contributed by atoms with Crippen molar-refractivity contribution in [1.82, 2.24) is 10.2 Å². The van der Waals surface area contributed by atoms with Crippen LogP contribution in [0.2, 0.25) is 0 Å². The monoisotopic (exact) mass is 320 g/mol. The fraction of sp³-hybridized carbons (Fsp3) is 0.588. The molecule has 1 aromatic carbocycles. The number of hydrogen-bond donors (Lipinski definition) is 4. The highest BCUT2D eigenvalue weighted by molar-refractivity contribution is 5.86. The molecule has 0 radical (unpaired) electrons. The van der Waals surface area contributed by atoms with Crippen LogP contribution in [0.1, 0.15) is 24.0 Å². The molecule has 126 valence electrons. The van der Waals surface area contributed by atoms with Gasteiger partial charge in [0.25, 0.3) is 0 Å². The van der Waals surface area contributed by atoms with E-state index in [0.29, 0.717) is 6.54 Å². The normalized spacial score (nSPS) is 33.1. The maximum atomic E-state index is 12.4. The molecule has 0 saturated carbocycles. The average molecular weight is 320 g/mol. The number of rotatable bonds is 5. The van der Waals surface area contributed by atoms with Gasteiger partial charge in [0.1, 0.15) is 0 Å². The lowest BCUT2D eigenvalue weighted by molar-refractivity contribution is -0.123. The van der Waals surface area contributed by atoms with E-state index in [0.717, 1.165) is 12.0 Å². The Bertz CT molecular complexity index is 579. The molecule has 4 N–H and O–H groups in total. The largest absolute Gasteiger partial charge is 0.395 e. The van der Waals surface area contributed by atoms with Gasteiger partial charge in [0.05, 0.1) is 36.8 Å². The van der Waals surface area contributed by atoms with Gasteiger partial charge in [-0.1, -0.05) is 31.2 Å². The molecule has 1 saturated heterocycles. The number of benzene rings is 1. The summed E-state index contributed by atoms with van der Waals surface area (Å²) in [7, 11) is 0. The van der Waals surface area contributed by atoms with Gasteiger partial charge in [-0.05, 0) is 24.1 Å². The number of likely N-dealkylation sites (tertiary alicyclic amines) is 1. The van der Waals surface area contributed by atoms with Gasteiger partial charge in [0, 0.05) is 6.54 Å². The molecule has 1 aliphatic carbocycles. The molecule has 4 unspecified atom stereocenters. The van der Waals surface area contributed by atoms with Crippen molar-refractivity contribution in [3.63, 3.8) is 0 Å². The van der Waals surface area contributed by atoms with Crippen molar-refractivity contribution in [1.29, 1.82) is 0 Å². The van der Waals surface area contributed by atoms with E-state index in [1.807, 2.05) is 36.1 Å². The van der Waals surface area contributed by atoms with Gasteiger partial charge in [0.2, 0.25) is 5.91 Å². The highest BCUT2D eigenvalue weighted by Gasteiger charge is 2.46. The summed E-state index contributed by atoms with van der Waals surface area (Å²) in [6, 6.07) is 7.03. The molecule has 0 spiro atoms. The molecule has 23 heavy (non-hydrogen) atoms. The zero-order valence-corrected chi connectivity index (χ0v) is 13.2. The quantitative estimate of drug-likeness (QED) is 0.572. The molecule has 6 nitrogen and oxygen atoms in total. The Morgan fingerprint density at radius 2 is 1.96 bits per heavy atom. The SMILES string of the molecule is CCN1C(CNC(=O)C2Cc3ccccc32)C(O)[C@H](O)C1CO. The Balaban J connectivity index is 1.61. The molecule has 2 aliphatic rings. The lowest BCUT2D eigenvalue weighted by Gasteiger charge is -2.31. The first-order valence-corrected chi connectivity index (χ1v) is 8.16. The van der Waals surface area contributed by atoms with Crippen LogP contribution < -0.4 is 5.32 Å². The summed E-state index contributed by atoms with van der Waals surface area (Å²) in [5, 5.41) is 32.5. The van der Waals surface area contributed by atoms with Crippen LogP contribution in [0.15, 0.2) is 24.3 Å². The second-order valence-electron chi connectivity index (χ2n) is 6.33. The van der Waals surface area contributed by atoms with Crippen molar-refractivity contribution in [2.24, 2.45) is 0 Å². The van der Waals surface area contributed by atoms with Gasteiger partial charge >= 0.3 is 0 Å². The number of nitrogens with zero attached hydrogens (tertiary/aromatic N) is 1. The van der Waals surface area contributed by atoms with E-state index in [2.05, 4.69) is 5.32 Å². The standard InChI is InChI=1S/C17H24N2O4/c1-2-19-13(15(21)16(22)14(19)9-20)8-18-17(23)12-7-10-5-3-4-6-11(10)12/h3-6,12-16,20-22H,2,7-9H2,1H3,(H,18,23)/t12?,13?,14?,15?,16-/m1/s1. The van der Waals surface area contributed by atoms with Gasteiger partial charge in [0.15, 0.2) is 0 Å². The lowest BCUT2D eigenvalue weighted by Crippen LogP contribution is -2.48. The predicted octanol–water partition coefficient (Wildman–Crippen LogP) is -0.771. The molecule has 1 fully saturated rings. The number of carbonyl (C=O) groups is 1. The third kappa shape index (κ3) is 2.76. The summed E-state index contributed by atoms with van der Waals surface area (Å²) in [5.74, 6) is -0.174. The molecule has 0 aromatic heterocycles. The van der Waals surface area contributed by atoms with E-state index in [-0.39, 0.29) is 31.0 Å². The van der Waals surface area contributed by atoms with Crippen molar-refractivity contribution < 1.29 is 20.1 Å². The summed E-state index contributed by atoms with van der Waals surface area (Å²) < 4.78 is 0. The molecule has 3 rings (SSSR count). The van der Waals surface area contributed by atoms with Crippen LogP contribution in [-0.4, -0.2) is 70.1 Å². The number of amides is 1. The number of fused-ring (bicyclic) bond motifs is 1. The van der Waals surface area contributed by atoms with Crippen molar-refractivity contribution in [3.05, 3.63) is 35.4 Å². The van der Waals surface area contributed by atoms with E-state index >= 15 is 0 Å². The number of nitrogens with one attached hydrogen (secondary N) is 1. The number of aliphatic hydroxyl groups excluding tert-OH is 3. The summed E-state index contributed by atoms with van der Waals surface area (Å²) in [6.07, 6.45) is -1.22. The van der Waals surface area contributed by atoms with E-state index < -0.39 is 18.2 Å². The third-order valence-corrected chi connectivity index (χ3v) is 5.20. The van der Waals surface area contributed by atoms with Crippen LogP contribution in [0.5, 0.6) is 0 Å². The van der Waals surface area contributed by atoms with Crippen molar-refractivity contribution in [2.75, 3.05) is 19.7 Å². The van der Waals surface area contributed by atoms with Crippen LogP contribution in [0.25, 0.3) is 0 Å². The molecular weight excluding hydrogens is 296 g/mol. The van der Waals surface area contributed by atoms with Crippen LogP contribution in [0.4, 0.5) is 0 Å². The Morgan fingerprint density at radius 3 is 2.61 bits per heavy atom. The second-order valence-corrected chi connectivity index (χ2v) is 6.33. The zero-order chi connectivity index (χ0) is 16.6. The molecule has 1 amide bonds. The molecule has 5 atom stereocenters. The van der Waals surface area contributed by atoms with Crippen LogP contribution >= 0.6 is 0 Å². The van der Waals surface area contributed by atoms with Crippen molar-refractivity contribution >= 4 is 5.91 Å². The van der Waals surface area contributed by atoms with E-state index in [1.165, 1.54) is 5.56 Å². The average Bonchev–Trinajstić information content (AvgIpc) is 2.77. The van der Waals surface area contributed by atoms with E-state index in [1.54, 1.807) is 0 Å². The minimum atomic E-state index is -0.994. The predicted molar refractivity (Wildman–Crippen MR) is 85.0 cm³/mol. The number of aliphatic hydroxyl groups is 3. The Labute approximate surface area is 135 Å². The van der Waals surface area contributed by atoms with Crippen molar-refractivity contribution in [3.8, 4) is 0 Å². The van der Waals surface area contributed by atoms with Crippen LogP contribution in [0, 0.1) is 0 Å². The molecule has 0 bridgehead atoms. The lowest BCUT2D eigenvalue weighted by atomic mass is 9.77. The summed E-state index contributed by atoms with van der Waals surface area (Å²) >= 11 is 0. The summed E-state index contributed by atoms with van der Waals surface area (Å²) in [4.78, 5) is 14.2. The molecule has 1 heterocycles. The summed E-state index contributed by atoms with van der Waals surface area (Å²) in [6.45, 7) is 2.54. The highest BCUT2D eigenvalue weighted by atomic mass is 16.3. The van der Waals surface area contributed by atoms with Crippen LogP contribution in [-0.2, 0) is 11.2 Å². The number of carbonyl (C=O) groups excluding carboxylic acids is 1. The molecule has 1 aromatic rings. The first-order valence-electron chi connectivity index (χ1n) is 8.16. The Hall–Kier alpha value is -1.47. The van der Waals surface area contributed by atoms with Gasteiger partial charge in [-0.3, -0.25) is 9.69 Å². The number of likely N-dealkylation sites (N-methyl/N-ethyl adjacent to an activating group) is 1. The Morgan fingerprint density at radius 1 is 1.26 bits per heavy atom. The summed E-state index contributed by atoms with van der Waals surface area (Å²) in [5.41, 5.74) is 2.28. The van der Waals surface area contributed by atoms with Crippen molar-refractivity contribution in [2.45, 2.75) is 43.6 Å². The Kier molecular flexibility index (Phi) is 4.68. The first kappa shape index (κ1) is 16.4. The smallest absolute Gasteiger partial charge is 0.227 e. The van der Waals surface area contributed by atoms with Crippen LogP contribution in [0.3, 0.4) is 0 Å². The van der Waals surface area contributed by atoms with Gasteiger partial charge in [-0.25, -0.2) is 0 Å². The second kappa shape index (κ2) is 6.57.